The second kappa shape index (κ2) is 4.69. The molecule has 1 amide bonds. The summed E-state index contributed by atoms with van der Waals surface area (Å²) in [6.07, 6.45) is 0.188. The summed E-state index contributed by atoms with van der Waals surface area (Å²) < 4.78 is 0. The van der Waals surface area contributed by atoms with Gasteiger partial charge < -0.3 is 9.80 Å². The number of hydrogen-bond acceptors (Lipinski definition) is 4. The Kier molecular flexibility index (Phi) is 3.47. The van der Waals surface area contributed by atoms with Crippen LogP contribution in [0.5, 0.6) is 0 Å². The van der Waals surface area contributed by atoms with Crippen molar-refractivity contribution in [3.63, 3.8) is 0 Å². The Hall–Kier alpha value is -0.650. The van der Waals surface area contributed by atoms with E-state index in [0.29, 0.717) is 12.6 Å². The molecular formula is C11H22N4O. The largest absolute Gasteiger partial charge is 0.325 e. The number of piperazine rings is 1. The lowest BCUT2D eigenvalue weighted by molar-refractivity contribution is -0.128. The maximum atomic E-state index is 11.7. The summed E-state index contributed by atoms with van der Waals surface area (Å²) in [6.45, 7) is 6.64. The number of nitrogens with zero attached hydrogens (tertiary/aromatic N) is 3. The fraction of sp³-hybridized carbons (Fsp3) is 0.909. The van der Waals surface area contributed by atoms with Crippen molar-refractivity contribution in [2.75, 3.05) is 46.8 Å². The molecule has 2 atom stereocenters. The van der Waals surface area contributed by atoms with Crippen molar-refractivity contribution in [1.29, 1.82) is 0 Å². The summed E-state index contributed by atoms with van der Waals surface area (Å²) in [5.41, 5.74) is 0. The summed E-state index contributed by atoms with van der Waals surface area (Å²) in [5.74, 6) is 0.231. The topological polar surface area (TPSA) is 38.8 Å². The molecule has 0 bridgehead atoms. The van der Waals surface area contributed by atoms with Gasteiger partial charge in [-0.15, -0.1) is 0 Å². The van der Waals surface area contributed by atoms with Gasteiger partial charge in [-0.05, 0) is 21.0 Å². The molecule has 1 N–H and O–H groups in total. The zero-order valence-electron chi connectivity index (χ0n) is 10.4. The van der Waals surface area contributed by atoms with E-state index >= 15 is 0 Å². The number of hydrogen-bond donors (Lipinski definition) is 1. The minimum atomic E-state index is 0.188. The van der Waals surface area contributed by atoms with Gasteiger partial charge in [0.2, 0.25) is 5.91 Å². The molecule has 0 spiro atoms. The predicted octanol–water partition coefficient (Wildman–Crippen LogP) is -0.990. The SMILES string of the molecule is CC1NCC(=O)N1CC1CN(C)CCN1C. The molecule has 0 saturated carbocycles. The average molecular weight is 226 g/mol. The molecule has 0 aromatic carbocycles. The Balaban J connectivity index is 1.94. The minimum absolute atomic E-state index is 0.188. The lowest BCUT2D eigenvalue weighted by Crippen LogP contribution is -2.55. The number of carbonyl (C=O) groups excluding carboxylic acids is 1. The van der Waals surface area contributed by atoms with E-state index < -0.39 is 0 Å². The Morgan fingerprint density at radius 1 is 1.38 bits per heavy atom. The van der Waals surface area contributed by atoms with Gasteiger partial charge in [-0.25, -0.2) is 0 Å². The van der Waals surface area contributed by atoms with Crippen LogP contribution in [0, 0.1) is 0 Å². The monoisotopic (exact) mass is 226 g/mol. The third-order valence-corrected chi connectivity index (χ3v) is 3.72. The van der Waals surface area contributed by atoms with Crippen LogP contribution in [0.2, 0.25) is 0 Å². The molecule has 0 aromatic rings. The summed E-state index contributed by atoms with van der Waals surface area (Å²) in [7, 11) is 4.30. The van der Waals surface area contributed by atoms with Gasteiger partial charge in [0.05, 0.1) is 12.7 Å². The molecule has 2 aliphatic heterocycles. The third kappa shape index (κ3) is 2.36. The van der Waals surface area contributed by atoms with E-state index in [4.69, 9.17) is 0 Å². The molecule has 2 saturated heterocycles. The maximum Gasteiger partial charge on any atom is 0.237 e. The molecule has 16 heavy (non-hydrogen) atoms. The van der Waals surface area contributed by atoms with Gasteiger partial charge in [-0.3, -0.25) is 15.0 Å². The minimum Gasteiger partial charge on any atom is -0.325 e. The number of amides is 1. The van der Waals surface area contributed by atoms with Crippen LogP contribution < -0.4 is 5.32 Å². The summed E-state index contributed by atoms with van der Waals surface area (Å²) in [6, 6.07) is 0.463. The van der Waals surface area contributed by atoms with Gasteiger partial charge in [0.1, 0.15) is 0 Å². The van der Waals surface area contributed by atoms with E-state index in [1.54, 1.807) is 0 Å². The molecular weight excluding hydrogens is 204 g/mol. The number of nitrogens with one attached hydrogen (secondary N) is 1. The van der Waals surface area contributed by atoms with Crippen molar-refractivity contribution in [3.8, 4) is 0 Å². The Morgan fingerprint density at radius 3 is 2.75 bits per heavy atom. The third-order valence-electron chi connectivity index (χ3n) is 3.72. The van der Waals surface area contributed by atoms with Crippen LogP contribution in [0.4, 0.5) is 0 Å². The summed E-state index contributed by atoms with van der Waals surface area (Å²) in [5, 5.41) is 3.18. The van der Waals surface area contributed by atoms with Crippen LogP contribution in [0.15, 0.2) is 0 Å². The van der Waals surface area contributed by atoms with Crippen molar-refractivity contribution < 1.29 is 4.79 Å². The molecule has 2 aliphatic rings. The lowest BCUT2D eigenvalue weighted by atomic mass is 10.1. The Morgan fingerprint density at radius 2 is 2.12 bits per heavy atom. The quantitative estimate of drug-likeness (QED) is 0.656. The van der Waals surface area contributed by atoms with Crippen LogP contribution in [0.1, 0.15) is 6.92 Å². The van der Waals surface area contributed by atoms with Crippen LogP contribution >= 0.6 is 0 Å². The van der Waals surface area contributed by atoms with Crippen molar-refractivity contribution >= 4 is 5.91 Å². The number of likely N-dealkylation sites (N-methyl/N-ethyl adjacent to an activating group) is 2. The Labute approximate surface area is 97.4 Å². The van der Waals surface area contributed by atoms with Crippen molar-refractivity contribution in [2.24, 2.45) is 0 Å². The van der Waals surface area contributed by atoms with Crippen molar-refractivity contribution in [3.05, 3.63) is 0 Å². The van der Waals surface area contributed by atoms with Crippen LogP contribution in [-0.4, -0.2) is 79.6 Å². The van der Waals surface area contributed by atoms with E-state index in [1.807, 2.05) is 4.90 Å². The van der Waals surface area contributed by atoms with E-state index in [-0.39, 0.29) is 12.1 Å². The molecule has 2 fully saturated rings. The zero-order valence-corrected chi connectivity index (χ0v) is 10.4. The van der Waals surface area contributed by atoms with Crippen LogP contribution in [0.3, 0.4) is 0 Å². The molecule has 0 radical (unpaired) electrons. The van der Waals surface area contributed by atoms with Gasteiger partial charge in [-0.1, -0.05) is 0 Å². The number of rotatable bonds is 2. The van der Waals surface area contributed by atoms with E-state index in [0.717, 1.165) is 26.2 Å². The fourth-order valence-corrected chi connectivity index (χ4v) is 2.45. The highest BCUT2D eigenvalue weighted by Gasteiger charge is 2.31. The van der Waals surface area contributed by atoms with Gasteiger partial charge in [0.15, 0.2) is 0 Å². The van der Waals surface area contributed by atoms with Gasteiger partial charge in [0, 0.05) is 32.2 Å². The molecule has 0 aromatic heterocycles. The highest BCUT2D eigenvalue weighted by atomic mass is 16.2. The maximum absolute atomic E-state index is 11.7. The molecule has 2 rings (SSSR count). The van der Waals surface area contributed by atoms with E-state index in [1.165, 1.54) is 0 Å². The van der Waals surface area contributed by atoms with E-state index in [2.05, 4.69) is 36.1 Å². The van der Waals surface area contributed by atoms with E-state index in [9.17, 15) is 4.79 Å². The molecule has 5 heteroatoms. The molecule has 5 nitrogen and oxygen atoms in total. The Bertz CT molecular complexity index is 271. The standard InChI is InChI=1S/C11H22N4O/c1-9-12-6-11(16)15(9)8-10-7-13(2)4-5-14(10)3/h9-10,12H,4-8H2,1-3H3. The zero-order chi connectivity index (χ0) is 11.7. The first kappa shape index (κ1) is 11.8. The second-order valence-corrected chi connectivity index (χ2v) is 5.00. The second-order valence-electron chi connectivity index (χ2n) is 5.00. The van der Waals surface area contributed by atoms with Crippen LogP contribution in [0.25, 0.3) is 0 Å². The van der Waals surface area contributed by atoms with Gasteiger partial charge in [0.25, 0.3) is 0 Å². The predicted molar refractivity (Wildman–Crippen MR) is 63.1 cm³/mol. The van der Waals surface area contributed by atoms with Gasteiger partial charge in [-0.2, -0.15) is 0 Å². The first-order valence-electron chi connectivity index (χ1n) is 5.99. The van der Waals surface area contributed by atoms with Crippen molar-refractivity contribution in [2.45, 2.75) is 19.1 Å². The molecule has 0 aliphatic carbocycles. The lowest BCUT2D eigenvalue weighted by Gasteiger charge is -2.40. The normalized spacial score (nSPS) is 33.7. The molecule has 92 valence electrons. The summed E-state index contributed by atoms with van der Waals surface area (Å²) in [4.78, 5) is 18.3. The van der Waals surface area contributed by atoms with Gasteiger partial charge >= 0.3 is 0 Å². The smallest absolute Gasteiger partial charge is 0.237 e. The summed E-state index contributed by atoms with van der Waals surface area (Å²) >= 11 is 0. The highest BCUT2D eigenvalue weighted by Crippen LogP contribution is 2.11. The average Bonchev–Trinajstić information content (AvgIpc) is 2.55. The van der Waals surface area contributed by atoms with Crippen LogP contribution in [-0.2, 0) is 4.79 Å². The molecule has 2 unspecified atom stereocenters. The first-order chi connectivity index (χ1) is 7.58. The fourth-order valence-electron chi connectivity index (χ4n) is 2.45. The van der Waals surface area contributed by atoms with Crippen molar-refractivity contribution in [1.82, 2.24) is 20.0 Å². The molecule has 2 heterocycles. The first-order valence-corrected chi connectivity index (χ1v) is 5.99. The number of carbonyl (C=O) groups is 1. The highest BCUT2D eigenvalue weighted by molar-refractivity contribution is 5.80.